The van der Waals surface area contributed by atoms with E-state index in [2.05, 4.69) is 50.5 Å². The van der Waals surface area contributed by atoms with Crippen LogP contribution in [0, 0.1) is 0 Å². The number of hydrogen-bond acceptors (Lipinski definition) is 6. The maximum absolute atomic E-state index is 12.6. The molecule has 168 valence electrons. The highest BCUT2D eigenvalue weighted by molar-refractivity contribution is 7.21. The van der Waals surface area contributed by atoms with Gasteiger partial charge in [0, 0.05) is 49.4 Å². The van der Waals surface area contributed by atoms with Crippen LogP contribution in [0.1, 0.15) is 19.3 Å². The highest BCUT2D eigenvalue weighted by atomic mass is 32.1. The highest BCUT2D eigenvalue weighted by Gasteiger charge is 2.15. The first kappa shape index (κ1) is 21.4. The second-order valence-electron chi connectivity index (χ2n) is 8.35. The second kappa shape index (κ2) is 9.58. The summed E-state index contributed by atoms with van der Waals surface area (Å²) in [4.78, 5) is 28.1. The summed E-state index contributed by atoms with van der Waals surface area (Å²) in [6.07, 6.45) is 4.49. The molecule has 33 heavy (non-hydrogen) atoms. The summed E-state index contributed by atoms with van der Waals surface area (Å²) in [6, 6.07) is 20.6. The lowest BCUT2D eigenvalue weighted by atomic mass is 10.2. The molecular formula is C26H27N5OS. The lowest BCUT2D eigenvalue weighted by Gasteiger charge is -2.19. The zero-order chi connectivity index (χ0) is 22.6. The van der Waals surface area contributed by atoms with Gasteiger partial charge in [-0.3, -0.25) is 4.79 Å². The van der Waals surface area contributed by atoms with Crippen molar-refractivity contribution in [1.29, 1.82) is 0 Å². The molecule has 1 fully saturated rings. The van der Waals surface area contributed by atoms with Crippen molar-refractivity contribution in [3.63, 3.8) is 0 Å². The Morgan fingerprint density at radius 3 is 2.58 bits per heavy atom. The van der Waals surface area contributed by atoms with Gasteiger partial charge in [0.05, 0.1) is 5.39 Å². The van der Waals surface area contributed by atoms with Crippen molar-refractivity contribution in [2.75, 3.05) is 41.8 Å². The molecule has 0 radical (unpaired) electrons. The third-order valence-corrected chi connectivity index (χ3v) is 7.12. The molecule has 0 atom stereocenters. The standard InChI is InChI=1S/C26H27N5OS/c1-30(16-13-24(32)29-20-9-11-21(12-10-20)31-14-5-6-15-31)25-22-17-23(19-7-3-2-4-8-19)33-26(22)28-18-27-25/h2-4,7-12,17-18H,5-6,13-16H2,1H3,(H,29,32). The number of amides is 1. The van der Waals surface area contributed by atoms with Gasteiger partial charge in [0.15, 0.2) is 0 Å². The van der Waals surface area contributed by atoms with Gasteiger partial charge in [0.1, 0.15) is 17.0 Å². The molecule has 0 aliphatic carbocycles. The Morgan fingerprint density at radius 2 is 1.82 bits per heavy atom. The Labute approximate surface area is 197 Å². The van der Waals surface area contributed by atoms with Gasteiger partial charge in [-0.2, -0.15) is 0 Å². The van der Waals surface area contributed by atoms with Gasteiger partial charge in [-0.25, -0.2) is 9.97 Å². The maximum atomic E-state index is 12.6. The van der Waals surface area contributed by atoms with Crippen LogP contribution in [0.4, 0.5) is 17.2 Å². The molecule has 1 amide bonds. The van der Waals surface area contributed by atoms with Crippen molar-refractivity contribution in [2.24, 2.45) is 0 Å². The molecule has 2 aromatic heterocycles. The van der Waals surface area contributed by atoms with Gasteiger partial charge in [0.25, 0.3) is 0 Å². The van der Waals surface area contributed by atoms with Gasteiger partial charge >= 0.3 is 0 Å². The number of benzene rings is 2. The first-order chi connectivity index (χ1) is 16.2. The molecule has 6 nitrogen and oxygen atoms in total. The van der Waals surface area contributed by atoms with E-state index in [0.717, 1.165) is 39.7 Å². The topological polar surface area (TPSA) is 61.4 Å². The number of thiophene rings is 1. The average Bonchev–Trinajstić information content (AvgIpc) is 3.54. The molecule has 5 rings (SSSR count). The molecule has 1 saturated heterocycles. The Balaban J connectivity index is 1.22. The summed E-state index contributed by atoms with van der Waals surface area (Å²) in [5.41, 5.74) is 3.23. The fraction of sp³-hybridized carbons (Fsp3) is 0.269. The van der Waals surface area contributed by atoms with Crippen LogP contribution >= 0.6 is 11.3 Å². The second-order valence-corrected chi connectivity index (χ2v) is 9.38. The van der Waals surface area contributed by atoms with E-state index in [4.69, 9.17) is 0 Å². The van der Waals surface area contributed by atoms with Crippen LogP contribution in [0.15, 0.2) is 67.0 Å². The van der Waals surface area contributed by atoms with E-state index >= 15 is 0 Å². The lowest BCUT2D eigenvalue weighted by Crippen LogP contribution is -2.24. The summed E-state index contributed by atoms with van der Waals surface area (Å²) >= 11 is 1.66. The first-order valence-corrected chi connectivity index (χ1v) is 12.1. The predicted molar refractivity (Wildman–Crippen MR) is 137 cm³/mol. The molecule has 3 heterocycles. The van der Waals surface area contributed by atoms with Crippen molar-refractivity contribution in [3.05, 3.63) is 67.0 Å². The molecular weight excluding hydrogens is 430 g/mol. The summed E-state index contributed by atoms with van der Waals surface area (Å²) in [7, 11) is 1.97. The van der Waals surface area contributed by atoms with Gasteiger partial charge < -0.3 is 15.1 Å². The molecule has 4 aromatic rings. The number of hydrogen-bond donors (Lipinski definition) is 1. The number of nitrogens with one attached hydrogen (secondary N) is 1. The quantitative estimate of drug-likeness (QED) is 0.401. The number of rotatable bonds is 7. The van der Waals surface area contributed by atoms with Crippen molar-refractivity contribution < 1.29 is 4.79 Å². The van der Waals surface area contributed by atoms with Crippen molar-refractivity contribution in [1.82, 2.24) is 9.97 Å². The summed E-state index contributed by atoms with van der Waals surface area (Å²) in [5.74, 6) is 0.845. The molecule has 0 bridgehead atoms. The van der Waals surface area contributed by atoms with Crippen molar-refractivity contribution >= 4 is 44.7 Å². The van der Waals surface area contributed by atoms with Gasteiger partial charge in [-0.1, -0.05) is 30.3 Å². The number of nitrogens with zero attached hydrogens (tertiary/aromatic N) is 4. The molecule has 1 N–H and O–H groups in total. The van der Waals surface area contributed by atoms with Crippen molar-refractivity contribution in [2.45, 2.75) is 19.3 Å². The molecule has 0 saturated carbocycles. The Hall–Kier alpha value is -3.45. The van der Waals surface area contributed by atoms with E-state index in [9.17, 15) is 4.79 Å². The minimum Gasteiger partial charge on any atom is -0.372 e. The molecule has 1 aliphatic heterocycles. The minimum absolute atomic E-state index is 0.00337. The number of anilines is 3. The number of carbonyl (C=O) groups is 1. The van der Waals surface area contributed by atoms with E-state index in [0.29, 0.717) is 13.0 Å². The van der Waals surface area contributed by atoms with Crippen molar-refractivity contribution in [3.8, 4) is 10.4 Å². The SMILES string of the molecule is CN(CCC(=O)Nc1ccc(N2CCCC2)cc1)c1ncnc2sc(-c3ccccc3)cc12. The third kappa shape index (κ3) is 4.83. The van der Waals surface area contributed by atoms with E-state index in [1.807, 2.05) is 42.3 Å². The van der Waals surface area contributed by atoms with Crippen LogP contribution in [0.3, 0.4) is 0 Å². The van der Waals surface area contributed by atoms with E-state index in [1.165, 1.54) is 24.1 Å². The maximum Gasteiger partial charge on any atom is 0.226 e. The monoisotopic (exact) mass is 457 g/mol. The predicted octanol–water partition coefficient (Wildman–Crippen LogP) is 5.42. The Kier molecular flexibility index (Phi) is 6.21. The van der Waals surface area contributed by atoms with E-state index in [1.54, 1.807) is 17.7 Å². The number of carbonyl (C=O) groups excluding carboxylic acids is 1. The Morgan fingerprint density at radius 1 is 1.06 bits per heavy atom. The molecule has 7 heteroatoms. The van der Waals surface area contributed by atoms with E-state index < -0.39 is 0 Å². The number of aromatic nitrogens is 2. The highest BCUT2D eigenvalue weighted by Crippen LogP contribution is 2.35. The zero-order valence-electron chi connectivity index (χ0n) is 18.7. The van der Waals surface area contributed by atoms with Gasteiger partial charge in [-0.05, 0) is 48.7 Å². The van der Waals surface area contributed by atoms with Crippen LogP contribution in [0.25, 0.3) is 20.7 Å². The summed E-state index contributed by atoms with van der Waals surface area (Å²) in [5, 5.41) is 4.03. The van der Waals surface area contributed by atoms with Gasteiger partial charge in [0.2, 0.25) is 5.91 Å². The van der Waals surface area contributed by atoms with Crippen LogP contribution in [-0.2, 0) is 4.79 Å². The lowest BCUT2D eigenvalue weighted by molar-refractivity contribution is -0.116. The summed E-state index contributed by atoms with van der Waals surface area (Å²) in [6.45, 7) is 2.80. The largest absolute Gasteiger partial charge is 0.372 e. The number of fused-ring (bicyclic) bond motifs is 1. The van der Waals surface area contributed by atoms with Crippen LogP contribution in [0.2, 0.25) is 0 Å². The van der Waals surface area contributed by atoms with Gasteiger partial charge in [-0.15, -0.1) is 11.3 Å². The average molecular weight is 458 g/mol. The fourth-order valence-electron chi connectivity index (χ4n) is 4.22. The zero-order valence-corrected chi connectivity index (χ0v) is 19.5. The smallest absolute Gasteiger partial charge is 0.226 e. The third-order valence-electron chi connectivity index (χ3n) is 6.02. The van der Waals surface area contributed by atoms with Crippen LogP contribution in [-0.4, -0.2) is 42.6 Å². The first-order valence-electron chi connectivity index (χ1n) is 11.3. The molecule has 2 aromatic carbocycles. The molecule has 0 unspecified atom stereocenters. The fourth-order valence-corrected chi connectivity index (χ4v) is 5.22. The minimum atomic E-state index is -0.00337. The molecule has 0 spiro atoms. The van der Waals surface area contributed by atoms with Crippen LogP contribution < -0.4 is 15.1 Å². The normalized spacial score (nSPS) is 13.4. The van der Waals surface area contributed by atoms with Crippen LogP contribution in [0.5, 0.6) is 0 Å². The Bertz CT molecular complexity index is 1230. The molecule has 1 aliphatic rings. The van der Waals surface area contributed by atoms with E-state index in [-0.39, 0.29) is 5.91 Å². The summed E-state index contributed by atoms with van der Waals surface area (Å²) < 4.78 is 0.